The van der Waals surface area contributed by atoms with E-state index >= 15 is 0 Å². The summed E-state index contributed by atoms with van der Waals surface area (Å²) in [7, 11) is 0. The Hall–Kier alpha value is -3.19. The Morgan fingerprint density at radius 2 is 1.94 bits per heavy atom. The van der Waals surface area contributed by atoms with Crippen LogP contribution in [0.25, 0.3) is 22.2 Å². The standard InChI is InChI=1S/C23H15Cl2N5S/c24-19-8-7-15(10-20(19)25)22-14-31-23(29-17-4-3-9-26-13-17)30(22)28-12-16-11-27-21-6-2-1-5-18(16)21/h1-14,27H. The normalized spacial score (nSPS) is 12.3. The van der Waals surface area contributed by atoms with E-state index in [9.17, 15) is 0 Å². The fraction of sp³-hybridized carbons (Fsp3) is 0. The maximum atomic E-state index is 6.26. The van der Waals surface area contributed by atoms with Crippen LogP contribution in [0.2, 0.25) is 10.0 Å². The van der Waals surface area contributed by atoms with Crippen molar-refractivity contribution >= 4 is 57.3 Å². The average molecular weight is 464 g/mol. The summed E-state index contributed by atoms with van der Waals surface area (Å²) in [5, 5.41) is 8.88. The number of para-hydroxylation sites is 1. The highest BCUT2D eigenvalue weighted by molar-refractivity contribution is 7.07. The van der Waals surface area contributed by atoms with Crippen molar-refractivity contribution in [3.63, 3.8) is 0 Å². The summed E-state index contributed by atoms with van der Waals surface area (Å²) in [4.78, 5) is 12.9. The molecule has 5 rings (SSSR count). The molecule has 0 spiro atoms. The number of hydrogen-bond donors (Lipinski definition) is 1. The topological polar surface area (TPSA) is 58.3 Å². The lowest BCUT2D eigenvalue weighted by Crippen LogP contribution is -2.11. The summed E-state index contributed by atoms with van der Waals surface area (Å²) < 4.78 is 1.80. The highest BCUT2D eigenvalue weighted by Gasteiger charge is 2.10. The minimum atomic E-state index is 0.489. The van der Waals surface area contributed by atoms with Crippen molar-refractivity contribution in [1.29, 1.82) is 0 Å². The van der Waals surface area contributed by atoms with Crippen LogP contribution in [0.15, 0.2) is 88.7 Å². The molecule has 3 aromatic heterocycles. The molecule has 0 radical (unpaired) electrons. The average Bonchev–Trinajstić information content (AvgIpc) is 3.39. The molecule has 0 aliphatic rings. The largest absolute Gasteiger partial charge is 0.361 e. The van der Waals surface area contributed by atoms with Gasteiger partial charge in [-0.1, -0.05) is 47.5 Å². The van der Waals surface area contributed by atoms with Gasteiger partial charge in [-0.3, -0.25) is 4.98 Å². The zero-order valence-corrected chi connectivity index (χ0v) is 18.4. The van der Waals surface area contributed by atoms with Gasteiger partial charge in [-0.25, -0.2) is 9.67 Å². The molecule has 8 heteroatoms. The number of pyridine rings is 1. The van der Waals surface area contributed by atoms with Gasteiger partial charge < -0.3 is 4.98 Å². The predicted octanol–water partition coefficient (Wildman–Crippen LogP) is 6.51. The molecule has 0 saturated heterocycles. The number of thiazole rings is 1. The van der Waals surface area contributed by atoms with E-state index < -0.39 is 0 Å². The van der Waals surface area contributed by atoms with Gasteiger partial charge in [-0.2, -0.15) is 5.10 Å². The quantitative estimate of drug-likeness (QED) is 0.303. The Kier molecular flexibility index (Phi) is 5.42. The van der Waals surface area contributed by atoms with Gasteiger partial charge in [-0.15, -0.1) is 11.3 Å². The van der Waals surface area contributed by atoms with Crippen LogP contribution < -0.4 is 4.80 Å². The molecule has 0 bridgehead atoms. The van der Waals surface area contributed by atoms with Crippen LogP contribution >= 0.6 is 34.5 Å². The highest BCUT2D eigenvalue weighted by Crippen LogP contribution is 2.29. The van der Waals surface area contributed by atoms with Gasteiger partial charge in [0.2, 0.25) is 4.80 Å². The van der Waals surface area contributed by atoms with Crippen LogP contribution in [0.3, 0.4) is 0 Å². The molecule has 31 heavy (non-hydrogen) atoms. The van der Waals surface area contributed by atoms with Gasteiger partial charge in [-0.05, 0) is 30.3 Å². The van der Waals surface area contributed by atoms with Crippen LogP contribution in [0.5, 0.6) is 0 Å². The second kappa shape index (κ2) is 8.51. The Morgan fingerprint density at radius 3 is 2.77 bits per heavy atom. The number of aromatic amines is 1. The molecule has 152 valence electrons. The first-order valence-electron chi connectivity index (χ1n) is 9.40. The Bertz CT molecular complexity index is 1460. The number of nitrogens with zero attached hydrogens (tertiary/aromatic N) is 4. The molecule has 0 aliphatic heterocycles. The maximum Gasteiger partial charge on any atom is 0.211 e. The van der Waals surface area contributed by atoms with Gasteiger partial charge in [0, 0.05) is 39.8 Å². The SMILES string of the molecule is Clc1ccc(-c2csc(=Nc3cccnc3)n2N=Cc2c[nH]c3ccccc23)cc1Cl. The van der Waals surface area contributed by atoms with Crippen molar-refractivity contribution in [1.82, 2.24) is 14.6 Å². The lowest BCUT2D eigenvalue weighted by molar-refractivity contribution is 0.854. The van der Waals surface area contributed by atoms with Crippen molar-refractivity contribution in [3.05, 3.63) is 99.0 Å². The van der Waals surface area contributed by atoms with Gasteiger partial charge in [0.1, 0.15) is 0 Å². The summed E-state index contributed by atoms with van der Waals surface area (Å²) in [6, 6.07) is 17.4. The van der Waals surface area contributed by atoms with E-state index in [4.69, 9.17) is 33.3 Å². The predicted molar refractivity (Wildman–Crippen MR) is 129 cm³/mol. The van der Waals surface area contributed by atoms with E-state index in [-0.39, 0.29) is 0 Å². The second-order valence-corrected chi connectivity index (χ2v) is 8.35. The minimum absolute atomic E-state index is 0.489. The van der Waals surface area contributed by atoms with Crippen LogP contribution in [0.1, 0.15) is 5.56 Å². The van der Waals surface area contributed by atoms with Crippen LogP contribution in [-0.2, 0) is 0 Å². The monoisotopic (exact) mass is 463 g/mol. The molecule has 0 aliphatic carbocycles. The summed E-state index contributed by atoms with van der Waals surface area (Å²) in [5.41, 5.74) is 4.56. The van der Waals surface area contributed by atoms with Crippen molar-refractivity contribution in [2.24, 2.45) is 10.1 Å². The van der Waals surface area contributed by atoms with E-state index in [2.05, 4.69) is 16.0 Å². The zero-order chi connectivity index (χ0) is 21.2. The molecular weight excluding hydrogens is 449 g/mol. The van der Waals surface area contributed by atoms with Gasteiger partial charge in [0.05, 0.1) is 33.8 Å². The van der Waals surface area contributed by atoms with E-state index in [0.717, 1.165) is 33.4 Å². The minimum Gasteiger partial charge on any atom is -0.361 e. The van der Waals surface area contributed by atoms with Crippen molar-refractivity contribution < 1.29 is 0 Å². The fourth-order valence-electron chi connectivity index (χ4n) is 3.19. The van der Waals surface area contributed by atoms with E-state index in [1.807, 2.05) is 60.3 Å². The molecule has 3 heterocycles. The van der Waals surface area contributed by atoms with Crippen LogP contribution in [0.4, 0.5) is 5.69 Å². The van der Waals surface area contributed by atoms with E-state index in [1.54, 1.807) is 23.1 Å². The first kappa shape index (κ1) is 19.8. The van der Waals surface area contributed by atoms with Crippen molar-refractivity contribution in [2.45, 2.75) is 0 Å². The third-order valence-corrected chi connectivity index (χ3v) is 6.26. The number of halogens is 2. The molecule has 0 unspecified atom stereocenters. The molecule has 0 amide bonds. The molecule has 1 N–H and O–H groups in total. The number of rotatable bonds is 4. The highest BCUT2D eigenvalue weighted by atomic mass is 35.5. The Morgan fingerprint density at radius 1 is 1.03 bits per heavy atom. The van der Waals surface area contributed by atoms with Crippen LogP contribution in [0, 0.1) is 0 Å². The molecule has 0 saturated carbocycles. The fourth-order valence-corrected chi connectivity index (χ4v) is 4.35. The smallest absolute Gasteiger partial charge is 0.211 e. The molecular formula is C23H15Cl2N5S. The first-order valence-corrected chi connectivity index (χ1v) is 11.0. The van der Waals surface area contributed by atoms with Crippen molar-refractivity contribution in [2.75, 3.05) is 0 Å². The zero-order valence-electron chi connectivity index (χ0n) is 16.0. The third kappa shape index (κ3) is 4.05. The van der Waals surface area contributed by atoms with Gasteiger partial charge in [0.15, 0.2) is 0 Å². The maximum absolute atomic E-state index is 6.26. The number of H-pyrrole nitrogens is 1. The third-order valence-electron chi connectivity index (χ3n) is 4.70. The van der Waals surface area contributed by atoms with Gasteiger partial charge in [0.25, 0.3) is 0 Å². The molecule has 0 atom stereocenters. The summed E-state index contributed by atoms with van der Waals surface area (Å²) in [5.74, 6) is 0. The Balaban J connectivity index is 1.66. The first-order chi connectivity index (χ1) is 15.2. The lowest BCUT2D eigenvalue weighted by atomic mass is 10.2. The molecule has 0 fully saturated rings. The number of nitrogens with one attached hydrogen (secondary N) is 1. The summed E-state index contributed by atoms with van der Waals surface area (Å²) in [6.45, 7) is 0. The molecule has 5 aromatic rings. The summed E-state index contributed by atoms with van der Waals surface area (Å²) in [6.07, 6.45) is 7.21. The second-order valence-electron chi connectivity index (χ2n) is 6.70. The molecule has 2 aromatic carbocycles. The number of fused-ring (bicyclic) bond motifs is 1. The number of hydrogen-bond acceptors (Lipinski definition) is 4. The number of aromatic nitrogens is 3. The Labute approximate surface area is 192 Å². The number of benzene rings is 2. The van der Waals surface area contributed by atoms with E-state index in [1.165, 1.54) is 11.3 Å². The van der Waals surface area contributed by atoms with Gasteiger partial charge >= 0.3 is 0 Å². The summed E-state index contributed by atoms with van der Waals surface area (Å²) >= 11 is 13.9. The lowest BCUT2D eigenvalue weighted by Gasteiger charge is -2.05. The van der Waals surface area contributed by atoms with Crippen LogP contribution in [-0.4, -0.2) is 20.9 Å². The van der Waals surface area contributed by atoms with E-state index in [0.29, 0.717) is 14.8 Å². The molecule has 5 nitrogen and oxygen atoms in total. The van der Waals surface area contributed by atoms with Crippen molar-refractivity contribution in [3.8, 4) is 11.3 Å².